The van der Waals surface area contributed by atoms with E-state index in [1.807, 2.05) is 24.4 Å². The molecule has 104 valence electrons. The molecule has 3 rings (SSSR count). The number of pyridine rings is 1. The number of aromatic nitrogens is 1. The van der Waals surface area contributed by atoms with Crippen molar-refractivity contribution in [2.24, 2.45) is 0 Å². The van der Waals surface area contributed by atoms with Crippen LogP contribution in [0.4, 0.5) is 5.69 Å². The standard InChI is InChI=1S/C17H20N2O/c1-2-10-18-14-9-11-19-17(12-14)13-3-5-15(6-4-13)20-16-7-8-16/h3-6,9,11-12,16H,2,7-8,10H2,1H3,(H,18,19). The summed E-state index contributed by atoms with van der Waals surface area (Å²) in [4.78, 5) is 4.44. The second-order valence-corrected chi connectivity index (χ2v) is 5.20. The lowest BCUT2D eigenvalue weighted by Gasteiger charge is -2.08. The van der Waals surface area contributed by atoms with E-state index in [1.54, 1.807) is 0 Å². The zero-order valence-corrected chi connectivity index (χ0v) is 11.8. The van der Waals surface area contributed by atoms with Gasteiger partial charge >= 0.3 is 0 Å². The van der Waals surface area contributed by atoms with E-state index in [-0.39, 0.29) is 0 Å². The van der Waals surface area contributed by atoms with Crippen LogP contribution >= 0.6 is 0 Å². The second kappa shape index (κ2) is 5.95. The van der Waals surface area contributed by atoms with Gasteiger partial charge in [0.05, 0.1) is 11.8 Å². The molecule has 0 spiro atoms. The zero-order chi connectivity index (χ0) is 13.8. The van der Waals surface area contributed by atoms with Crippen molar-refractivity contribution < 1.29 is 4.74 Å². The zero-order valence-electron chi connectivity index (χ0n) is 11.8. The Morgan fingerprint density at radius 3 is 2.70 bits per heavy atom. The molecule has 1 saturated carbocycles. The molecule has 1 aliphatic carbocycles. The van der Waals surface area contributed by atoms with Crippen LogP contribution in [-0.4, -0.2) is 17.6 Å². The maximum absolute atomic E-state index is 5.76. The Hall–Kier alpha value is -2.03. The fourth-order valence-electron chi connectivity index (χ4n) is 2.05. The minimum absolute atomic E-state index is 0.445. The van der Waals surface area contributed by atoms with E-state index in [4.69, 9.17) is 4.74 Å². The molecule has 0 saturated heterocycles. The Labute approximate surface area is 120 Å². The third kappa shape index (κ3) is 3.29. The predicted molar refractivity (Wildman–Crippen MR) is 82.1 cm³/mol. The maximum Gasteiger partial charge on any atom is 0.119 e. The van der Waals surface area contributed by atoms with E-state index in [0.717, 1.165) is 35.7 Å². The van der Waals surface area contributed by atoms with Crippen molar-refractivity contribution >= 4 is 5.69 Å². The highest BCUT2D eigenvalue weighted by molar-refractivity contribution is 5.64. The van der Waals surface area contributed by atoms with Crippen LogP contribution in [-0.2, 0) is 0 Å². The molecule has 1 aromatic carbocycles. The number of rotatable bonds is 6. The van der Waals surface area contributed by atoms with Crippen LogP contribution in [0.1, 0.15) is 26.2 Å². The molecule has 0 bridgehead atoms. The van der Waals surface area contributed by atoms with Crippen molar-refractivity contribution in [3.8, 4) is 17.0 Å². The van der Waals surface area contributed by atoms with E-state index in [0.29, 0.717) is 6.10 Å². The Balaban J connectivity index is 1.73. The molecule has 3 nitrogen and oxygen atoms in total. The number of anilines is 1. The second-order valence-electron chi connectivity index (χ2n) is 5.20. The molecule has 0 radical (unpaired) electrons. The van der Waals surface area contributed by atoms with Crippen molar-refractivity contribution in [2.75, 3.05) is 11.9 Å². The molecule has 20 heavy (non-hydrogen) atoms. The van der Waals surface area contributed by atoms with Crippen LogP contribution < -0.4 is 10.1 Å². The smallest absolute Gasteiger partial charge is 0.119 e. The SMILES string of the molecule is CCCNc1ccnc(-c2ccc(OC3CC3)cc2)c1. The number of nitrogens with one attached hydrogen (secondary N) is 1. The van der Waals surface area contributed by atoms with E-state index in [9.17, 15) is 0 Å². The highest BCUT2D eigenvalue weighted by Gasteiger charge is 2.23. The lowest BCUT2D eigenvalue weighted by atomic mass is 10.1. The average molecular weight is 268 g/mol. The number of hydrogen-bond acceptors (Lipinski definition) is 3. The van der Waals surface area contributed by atoms with Gasteiger partial charge in [0.15, 0.2) is 0 Å². The summed E-state index contributed by atoms with van der Waals surface area (Å²) in [5.74, 6) is 0.955. The lowest BCUT2D eigenvalue weighted by Crippen LogP contribution is -2.00. The first-order valence-electron chi connectivity index (χ1n) is 7.32. The van der Waals surface area contributed by atoms with Crippen LogP contribution in [0.25, 0.3) is 11.3 Å². The van der Waals surface area contributed by atoms with Gasteiger partial charge in [-0.1, -0.05) is 6.92 Å². The predicted octanol–water partition coefficient (Wildman–Crippen LogP) is 4.11. The van der Waals surface area contributed by atoms with Gasteiger partial charge in [-0.25, -0.2) is 0 Å². The topological polar surface area (TPSA) is 34.2 Å². The molecule has 1 N–H and O–H groups in total. The van der Waals surface area contributed by atoms with Gasteiger partial charge in [0.2, 0.25) is 0 Å². The Kier molecular flexibility index (Phi) is 3.86. The molecular formula is C17H20N2O. The fourth-order valence-corrected chi connectivity index (χ4v) is 2.05. The van der Waals surface area contributed by atoms with Crippen LogP contribution in [0.5, 0.6) is 5.75 Å². The van der Waals surface area contributed by atoms with Crippen molar-refractivity contribution in [3.05, 3.63) is 42.6 Å². The Morgan fingerprint density at radius 2 is 2.00 bits per heavy atom. The summed E-state index contributed by atoms with van der Waals surface area (Å²) in [6.45, 7) is 3.14. The summed E-state index contributed by atoms with van der Waals surface area (Å²) in [6, 6.07) is 12.3. The van der Waals surface area contributed by atoms with Crippen molar-refractivity contribution in [1.29, 1.82) is 0 Å². The first kappa shape index (κ1) is 13.0. The normalized spacial score (nSPS) is 14.1. The molecule has 3 heteroatoms. The summed E-state index contributed by atoms with van der Waals surface area (Å²) in [5, 5.41) is 3.39. The summed E-state index contributed by atoms with van der Waals surface area (Å²) in [7, 11) is 0. The maximum atomic E-state index is 5.76. The summed E-state index contributed by atoms with van der Waals surface area (Å²) in [5.41, 5.74) is 3.23. The molecule has 0 aliphatic heterocycles. The van der Waals surface area contributed by atoms with Gasteiger partial charge in [-0.05, 0) is 55.7 Å². The number of hydrogen-bond donors (Lipinski definition) is 1. The van der Waals surface area contributed by atoms with E-state index in [2.05, 4.69) is 35.4 Å². The third-order valence-corrected chi connectivity index (χ3v) is 3.32. The van der Waals surface area contributed by atoms with Crippen LogP contribution in [0, 0.1) is 0 Å². The van der Waals surface area contributed by atoms with Gasteiger partial charge in [-0.15, -0.1) is 0 Å². The Morgan fingerprint density at radius 1 is 1.20 bits per heavy atom. The van der Waals surface area contributed by atoms with Crippen molar-refractivity contribution in [2.45, 2.75) is 32.3 Å². The monoisotopic (exact) mass is 268 g/mol. The number of nitrogens with zero attached hydrogens (tertiary/aromatic N) is 1. The van der Waals surface area contributed by atoms with Gasteiger partial charge in [0.25, 0.3) is 0 Å². The molecule has 1 aromatic heterocycles. The van der Waals surface area contributed by atoms with Gasteiger partial charge in [-0.3, -0.25) is 4.98 Å². The van der Waals surface area contributed by atoms with Gasteiger partial charge < -0.3 is 10.1 Å². The van der Waals surface area contributed by atoms with Crippen LogP contribution in [0.15, 0.2) is 42.6 Å². The molecule has 2 aromatic rings. The summed E-state index contributed by atoms with van der Waals surface area (Å²) < 4.78 is 5.76. The van der Waals surface area contributed by atoms with E-state index >= 15 is 0 Å². The van der Waals surface area contributed by atoms with Crippen molar-refractivity contribution in [1.82, 2.24) is 4.98 Å². The first-order chi connectivity index (χ1) is 9.85. The average Bonchev–Trinajstić information content (AvgIpc) is 3.30. The number of benzene rings is 1. The largest absolute Gasteiger partial charge is 0.490 e. The molecule has 1 aliphatic rings. The highest BCUT2D eigenvalue weighted by atomic mass is 16.5. The molecule has 1 heterocycles. The minimum Gasteiger partial charge on any atom is -0.490 e. The highest BCUT2D eigenvalue weighted by Crippen LogP contribution is 2.28. The van der Waals surface area contributed by atoms with E-state index < -0.39 is 0 Å². The Bertz CT molecular complexity index is 561. The molecule has 1 fully saturated rings. The summed E-state index contributed by atoms with van der Waals surface area (Å²) >= 11 is 0. The molecule has 0 atom stereocenters. The quantitative estimate of drug-likeness (QED) is 0.856. The summed E-state index contributed by atoms with van der Waals surface area (Å²) in [6.07, 6.45) is 5.79. The van der Waals surface area contributed by atoms with Crippen LogP contribution in [0.3, 0.4) is 0 Å². The third-order valence-electron chi connectivity index (χ3n) is 3.32. The lowest BCUT2D eigenvalue weighted by molar-refractivity contribution is 0.303. The molecule has 0 unspecified atom stereocenters. The van der Waals surface area contributed by atoms with E-state index in [1.165, 1.54) is 12.8 Å². The van der Waals surface area contributed by atoms with Gasteiger partial charge in [0.1, 0.15) is 5.75 Å². The molecular weight excluding hydrogens is 248 g/mol. The number of ether oxygens (including phenoxy) is 1. The van der Waals surface area contributed by atoms with Gasteiger partial charge in [0, 0.05) is 24.0 Å². The van der Waals surface area contributed by atoms with Crippen LogP contribution in [0.2, 0.25) is 0 Å². The fraction of sp³-hybridized carbons (Fsp3) is 0.353. The minimum atomic E-state index is 0.445. The van der Waals surface area contributed by atoms with Crippen molar-refractivity contribution in [3.63, 3.8) is 0 Å². The molecule has 0 amide bonds. The van der Waals surface area contributed by atoms with Gasteiger partial charge in [-0.2, -0.15) is 0 Å². The first-order valence-corrected chi connectivity index (χ1v) is 7.32.